The zero-order chi connectivity index (χ0) is 18.4. The maximum atomic E-state index is 14.1. The second kappa shape index (κ2) is 6.22. The molecule has 2 aromatic carbocycles. The molecule has 0 atom stereocenters. The van der Waals surface area contributed by atoms with Gasteiger partial charge in [0.05, 0.1) is 21.6 Å². The summed E-state index contributed by atoms with van der Waals surface area (Å²) in [4.78, 5) is 7.42. The number of alkyl halides is 3. The Morgan fingerprint density at radius 3 is 2.52 bits per heavy atom. The van der Waals surface area contributed by atoms with Crippen molar-refractivity contribution in [2.24, 2.45) is 0 Å². The van der Waals surface area contributed by atoms with E-state index >= 15 is 0 Å². The number of aromatic amines is 1. The number of fused-ring (bicyclic) bond motifs is 1. The third-order valence-corrected chi connectivity index (χ3v) is 3.96. The van der Waals surface area contributed by atoms with Gasteiger partial charge in [0, 0.05) is 6.07 Å². The minimum atomic E-state index is -4.69. The van der Waals surface area contributed by atoms with Crippen LogP contribution in [0.4, 0.5) is 17.6 Å². The highest BCUT2D eigenvalue weighted by atomic mass is 35.5. The number of aryl methyl sites for hydroxylation is 2. The lowest BCUT2D eigenvalue weighted by atomic mass is 10.1. The van der Waals surface area contributed by atoms with Crippen molar-refractivity contribution in [1.82, 2.24) is 9.97 Å². The van der Waals surface area contributed by atoms with E-state index in [1.165, 1.54) is 0 Å². The number of nitrogens with zero attached hydrogens (tertiary/aromatic N) is 1. The van der Waals surface area contributed by atoms with Crippen LogP contribution >= 0.6 is 11.6 Å². The van der Waals surface area contributed by atoms with Gasteiger partial charge in [-0.3, -0.25) is 0 Å². The summed E-state index contributed by atoms with van der Waals surface area (Å²) in [6, 6.07) is 4.26. The van der Waals surface area contributed by atoms with Crippen LogP contribution < -0.4 is 4.74 Å². The molecule has 0 amide bonds. The Morgan fingerprint density at radius 1 is 1.20 bits per heavy atom. The van der Waals surface area contributed by atoms with Crippen LogP contribution in [-0.2, 0) is 12.6 Å². The fourth-order valence-corrected chi connectivity index (χ4v) is 2.80. The summed E-state index contributed by atoms with van der Waals surface area (Å²) in [5.74, 6) is -0.666. The number of imidazole rings is 1. The van der Waals surface area contributed by atoms with E-state index in [4.69, 9.17) is 16.3 Å². The van der Waals surface area contributed by atoms with Gasteiger partial charge in [-0.1, -0.05) is 18.5 Å². The van der Waals surface area contributed by atoms with Gasteiger partial charge in [0.25, 0.3) is 0 Å². The highest BCUT2D eigenvalue weighted by molar-refractivity contribution is 6.32. The summed E-state index contributed by atoms with van der Waals surface area (Å²) in [7, 11) is 0. The number of rotatable bonds is 3. The first-order valence-corrected chi connectivity index (χ1v) is 7.80. The summed E-state index contributed by atoms with van der Waals surface area (Å²) in [6.07, 6.45) is -4.04. The predicted octanol–water partition coefficient (Wildman–Crippen LogP) is 6.04. The molecule has 1 N–H and O–H groups in total. The largest absolute Gasteiger partial charge is 0.453 e. The second-order valence-electron chi connectivity index (χ2n) is 5.52. The molecule has 0 unspecified atom stereocenters. The lowest BCUT2D eigenvalue weighted by Crippen LogP contribution is -2.06. The first-order valence-electron chi connectivity index (χ1n) is 7.42. The quantitative estimate of drug-likeness (QED) is 0.569. The van der Waals surface area contributed by atoms with Crippen LogP contribution in [0.1, 0.15) is 23.9 Å². The molecular weight excluding hydrogens is 360 g/mol. The highest BCUT2D eigenvalue weighted by Crippen LogP contribution is 2.39. The summed E-state index contributed by atoms with van der Waals surface area (Å²) >= 11 is 5.80. The van der Waals surface area contributed by atoms with Crippen LogP contribution in [0, 0.1) is 12.7 Å². The van der Waals surface area contributed by atoms with Gasteiger partial charge in [0.2, 0.25) is 0 Å². The Labute approximate surface area is 145 Å². The van der Waals surface area contributed by atoms with Gasteiger partial charge in [0.1, 0.15) is 11.6 Å². The van der Waals surface area contributed by atoms with Crippen LogP contribution in [0.15, 0.2) is 24.3 Å². The van der Waals surface area contributed by atoms with Gasteiger partial charge >= 0.3 is 6.18 Å². The third kappa shape index (κ3) is 3.42. The lowest BCUT2D eigenvalue weighted by molar-refractivity contribution is -0.137. The van der Waals surface area contributed by atoms with Crippen LogP contribution in [0.25, 0.3) is 11.0 Å². The number of halogens is 5. The zero-order valence-corrected chi connectivity index (χ0v) is 14.0. The molecule has 0 spiro atoms. The molecule has 25 heavy (non-hydrogen) atoms. The Bertz CT molecular complexity index is 927. The van der Waals surface area contributed by atoms with Crippen LogP contribution in [0.3, 0.4) is 0 Å². The van der Waals surface area contributed by atoms with Crippen LogP contribution in [0.5, 0.6) is 11.5 Å². The molecule has 0 fully saturated rings. The van der Waals surface area contributed by atoms with Crippen molar-refractivity contribution in [3.05, 3.63) is 52.1 Å². The van der Waals surface area contributed by atoms with E-state index in [1.807, 2.05) is 6.92 Å². The van der Waals surface area contributed by atoms with E-state index in [1.54, 1.807) is 19.1 Å². The van der Waals surface area contributed by atoms with E-state index in [0.717, 1.165) is 11.1 Å². The van der Waals surface area contributed by atoms with Crippen molar-refractivity contribution in [2.45, 2.75) is 26.4 Å². The van der Waals surface area contributed by atoms with E-state index in [2.05, 4.69) is 9.97 Å². The summed E-state index contributed by atoms with van der Waals surface area (Å²) in [6.45, 7) is 3.72. The van der Waals surface area contributed by atoms with Crippen molar-refractivity contribution in [3.63, 3.8) is 0 Å². The SMILES string of the molecule is CCc1cc(Oc2c(F)cc(C(F)(F)F)cc2Cl)cc2[nH]c(C)nc12. The number of nitrogens with one attached hydrogen (secondary N) is 1. The second-order valence-corrected chi connectivity index (χ2v) is 5.93. The number of aromatic nitrogens is 2. The van der Waals surface area contributed by atoms with Gasteiger partial charge in [-0.05, 0) is 37.1 Å². The molecule has 0 radical (unpaired) electrons. The average Bonchev–Trinajstić information content (AvgIpc) is 2.89. The highest BCUT2D eigenvalue weighted by Gasteiger charge is 2.32. The topological polar surface area (TPSA) is 37.9 Å². The molecule has 0 saturated heterocycles. The van der Waals surface area contributed by atoms with Gasteiger partial charge in [-0.25, -0.2) is 9.37 Å². The number of H-pyrrole nitrogens is 1. The first kappa shape index (κ1) is 17.5. The number of benzene rings is 2. The van der Waals surface area contributed by atoms with Crippen LogP contribution in [0.2, 0.25) is 5.02 Å². The molecule has 1 heterocycles. The van der Waals surface area contributed by atoms with Gasteiger partial charge in [-0.15, -0.1) is 0 Å². The molecule has 3 aromatic rings. The molecule has 8 heteroatoms. The molecule has 0 bridgehead atoms. The van der Waals surface area contributed by atoms with Crippen LogP contribution in [-0.4, -0.2) is 9.97 Å². The smallest absolute Gasteiger partial charge is 0.416 e. The molecule has 3 rings (SSSR count). The fourth-order valence-electron chi connectivity index (χ4n) is 2.55. The first-order chi connectivity index (χ1) is 11.7. The maximum absolute atomic E-state index is 14.1. The van der Waals surface area contributed by atoms with Crippen molar-refractivity contribution in [2.75, 3.05) is 0 Å². The van der Waals surface area contributed by atoms with Crippen molar-refractivity contribution in [3.8, 4) is 11.5 Å². The molecule has 1 aromatic heterocycles. The van der Waals surface area contributed by atoms with Crippen molar-refractivity contribution >= 4 is 22.6 Å². The normalized spacial score (nSPS) is 12.0. The monoisotopic (exact) mass is 372 g/mol. The third-order valence-electron chi connectivity index (χ3n) is 3.68. The molecule has 0 saturated carbocycles. The molecule has 0 aliphatic carbocycles. The molecular formula is C17H13ClF4N2O. The minimum absolute atomic E-state index is 0.258. The Hall–Kier alpha value is -2.28. The minimum Gasteiger partial charge on any atom is -0.453 e. The molecule has 0 aliphatic heterocycles. The Kier molecular flexibility index (Phi) is 4.36. The zero-order valence-electron chi connectivity index (χ0n) is 13.3. The number of ether oxygens (including phenoxy) is 1. The predicted molar refractivity (Wildman–Crippen MR) is 86.7 cm³/mol. The average molecular weight is 373 g/mol. The van der Waals surface area contributed by atoms with Gasteiger partial charge in [0.15, 0.2) is 11.6 Å². The van der Waals surface area contributed by atoms with Crippen molar-refractivity contribution < 1.29 is 22.3 Å². The summed E-state index contributed by atoms with van der Waals surface area (Å²) in [5.41, 5.74) is 1.15. The number of hydrogen-bond donors (Lipinski definition) is 1. The van der Waals surface area contributed by atoms with Gasteiger partial charge in [-0.2, -0.15) is 13.2 Å². The van der Waals surface area contributed by atoms with E-state index in [-0.39, 0.29) is 5.75 Å². The van der Waals surface area contributed by atoms with Gasteiger partial charge < -0.3 is 9.72 Å². The molecule has 0 aliphatic rings. The van der Waals surface area contributed by atoms with E-state index < -0.39 is 28.3 Å². The summed E-state index contributed by atoms with van der Waals surface area (Å²) < 4.78 is 57.7. The molecule has 3 nitrogen and oxygen atoms in total. The maximum Gasteiger partial charge on any atom is 0.416 e. The van der Waals surface area contributed by atoms with E-state index in [9.17, 15) is 17.6 Å². The fraction of sp³-hybridized carbons (Fsp3) is 0.235. The number of hydrogen-bond acceptors (Lipinski definition) is 2. The Balaban J connectivity index is 2.04. The lowest BCUT2D eigenvalue weighted by Gasteiger charge is -2.13. The van der Waals surface area contributed by atoms with E-state index in [0.29, 0.717) is 29.9 Å². The molecule has 132 valence electrons. The van der Waals surface area contributed by atoms with Crippen molar-refractivity contribution in [1.29, 1.82) is 0 Å². The standard InChI is InChI=1S/C17H13ClF4N2O/c1-3-9-4-11(7-14-15(9)24-8(2)23-14)25-16-12(18)5-10(6-13(16)19)17(20,21)22/h4-7H,3H2,1-2H3,(H,23,24). The Morgan fingerprint density at radius 2 is 1.92 bits per heavy atom. The summed E-state index contributed by atoms with van der Waals surface area (Å²) in [5, 5.41) is -0.453.